The molecule has 33 heavy (non-hydrogen) atoms. The van der Waals surface area contributed by atoms with Gasteiger partial charge < -0.3 is 4.74 Å². The summed E-state index contributed by atoms with van der Waals surface area (Å²) in [4.78, 5) is 6.79. The number of ether oxygens (including phenoxy) is 1. The third-order valence-electron chi connectivity index (χ3n) is 7.58. The lowest BCUT2D eigenvalue weighted by Gasteiger charge is -2.48. The van der Waals surface area contributed by atoms with Crippen molar-refractivity contribution < 1.29 is 21.9 Å². The molecule has 3 heterocycles. The topological polar surface area (TPSA) is 59.5 Å². The van der Waals surface area contributed by atoms with Gasteiger partial charge in [-0.3, -0.25) is 9.88 Å². The van der Waals surface area contributed by atoms with E-state index < -0.39 is 33.9 Å². The molecule has 0 unspecified atom stereocenters. The van der Waals surface area contributed by atoms with Crippen LogP contribution in [0.5, 0.6) is 0 Å². The monoisotopic (exact) mass is 496 g/mol. The molecule has 3 aliphatic rings. The zero-order valence-electron chi connectivity index (χ0n) is 18.4. The van der Waals surface area contributed by atoms with Crippen LogP contribution >= 0.6 is 11.6 Å². The number of rotatable bonds is 7. The second-order valence-corrected chi connectivity index (χ2v) is 12.2. The molecule has 2 saturated heterocycles. The number of hydrogen-bond donors (Lipinski definition) is 0. The van der Waals surface area contributed by atoms with Gasteiger partial charge in [0.05, 0.1) is 4.90 Å². The number of alkyl halides is 2. The Labute approximate surface area is 198 Å². The van der Waals surface area contributed by atoms with Gasteiger partial charge in [0.1, 0.15) is 12.7 Å². The molecule has 2 aliphatic heterocycles. The van der Waals surface area contributed by atoms with Crippen molar-refractivity contribution in [2.75, 3.05) is 26.0 Å². The summed E-state index contributed by atoms with van der Waals surface area (Å²) in [6.45, 7) is 0.749. The van der Waals surface area contributed by atoms with Gasteiger partial charge >= 0.3 is 0 Å². The highest BCUT2D eigenvalue weighted by atomic mass is 35.5. The fourth-order valence-corrected chi connectivity index (χ4v) is 6.23. The first-order valence-electron chi connectivity index (χ1n) is 11.2. The van der Waals surface area contributed by atoms with Crippen molar-refractivity contribution in [2.24, 2.45) is 5.41 Å². The maximum absolute atomic E-state index is 14.6. The molecule has 5 nitrogen and oxygen atoms in total. The third-order valence-corrected chi connectivity index (χ3v) is 8.93. The van der Waals surface area contributed by atoms with Crippen LogP contribution in [0.25, 0.3) is 0 Å². The standard InChI is InChI=1S/C24H27ClF2N2O3S/c1-33(30,31)20-7-6-19(28-14-20)8-9-22(21-24(26,27)16-32-21)12-13-29(15-22)23(10-11-23)17-2-4-18(25)5-3-17/h2-7,14,21H,8-13,15-16H2,1H3/t21-,22-/m1/s1. The van der Waals surface area contributed by atoms with Gasteiger partial charge in [-0.15, -0.1) is 0 Å². The Morgan fingerprint density at radius 1 is 1.15 bits per heavy atom. The predicted molar refractivity (Wildman–Crippen MR) is 121 cm³/mol. The van der Waals surface area contributed by atoms with Crippen molar-refractivity contribution >= 4 is 21.4 Å². The second-order valence-electron chi connectivity index (χ2n) is 9.78. The maximum atomic E-state index is 14.6. The molecule has 0 spiro atoms. The number of likely N-dealkylation sites (tertiary alicyclic amines) is 1. The molecule has 2 aromatic rings. The van der Waals surface area contributed by atoms with Gasteiger partial charge in [-0.05, 0) is 68.5 Å². The number of sulfone groups is 1. The number of pyridine rings is 1. The lowest BCUT2D eigenvalue weighted by Crippen LogP contribution is -2.61. The van der Waals surface area contributed by atoms with Crippen LogP contribution in [0, 0.1) is 5.41 Å². The average molecular weight is 497 g/mol. The molecule has 0 radical (unpaired) electrons. The Bertz CT molecular complexity index is 1140. The first kappa shape index (κ1) is 23.1. The Kier molecular flexibility index (Phi) is 5.59. The van der Waals surface area contributed by atoms with E-state index in [0.29, 0.717) is 36.5 Å². The van der Waals surface area contributed by atoms with Crippen LogP contribution in [0.3, 0.4) is 0 Å². The quantitative estimate of drug-likeness (QED) is 0.565. The molecule has 178 valence electrons. The smallest absolute Gasteiger partial charge is 0.297 e. The van der Waals surface area contributed by atoms with Gasteiger partial charge in [0, 0.05) is 40.7 Å². The van der Waals surface area contributed by atoms with E-state index in [1.54, 1.807) is 6.07 Å². The molecule has 1 aromatic carbocycles. The summed E-state index contributed by atoms with van der Waals surface area (Å²) in [7, 11) is -3.33. The molecule has 1 aliphatic carbocycles. The maximum Gasteiger partial charge on any atom is 0.297 e. The lowest BCUT2D eigenvalue weighted by molar-refractivity contribution is -0.301. The number of hydrogen-bond acceptors (Lipinski definition) is 5. The second kappa shape index (κ2) is 7.97. The molecule has 0 bridgehead atoms. The summed E-state index contributed by atoms with van der Waals surface area (Å²) in [6.07, 6.45) is 4.99. The van der Waals surface area contributed by atoms with E-state index in [1.165, 1.54) is 17.8 Å². The van der Waals surface area contributed by atoms with Gasteiger partial charge in [0.25, 0.3) is 5.92 Å². The predicted octanol–water partition coefficient (Wildman–Crippen LogP) is 4.49. The van der Waals surface area contributed by atoms with Crippen LogP contribution < -0.4 is 0 Å². The molecule has 1 aromatic heterocycles. The summed E-state index contributed by atoms with van der Waals surface area (Å²) in [5, 5.41) is 0.683. The number of aromatic nitrogens is 1. The van der Waals surface area contributed by atoms with E-state index >= 15 is 0 Å². The summed E-state index contributed by atoms with van der Waals surface area (Å²) >= 11 is 6.07. The average Bonchev–Trinajstić information content (AvgIpc) is 3.46. The van der Waals surface area contributed by atoms with Crippen LogP contribution in [0.1, 0.15) is 36.9 Å². The van der Waals surface area contributed by atoms with Crippen molar-refractivity contribution in [2.45, 2.75) is 54.6 Å². The summed E-state index contributed by atoms with van der Waals surface area (Å²) in [5.74, 6) is -2.83. The molecule has 0 N–H and O–H groups in total. The largest absolute Gasteiger partial charge is 0.365 e. The number of benzene rings is 1. The van der Waals surface area contributed by atoms with E-state index in [4.69, 9.17) is 16.3 Å². The van der Waals surface area contributed by atoms with Crippen LogP contribution in [0.15, 0.2) is 47.5 Å². The van der Waals surface area contributed by atoms with E-state index in [9.17, 15) is 17.2 Å². The highest BCUT2D eigenvalue weighted by Gasteiger charge is 2.64. The van der Waals surface area contributed by atoms with E-state index in [2.05, 4.69) is 9.88 Å². The van der Waals surface area contributed by atoms with Crippen molar-refractivity contribution in [1.29, 1.82) is 0 Å². The molecular weight excluding hydrogens is 470 g/mol. The molecule has 3 fully saturated rings. The van der Waals surface area contributed by atoms with Crippen molar-refractivity contribution in [1.82, 2.24) is 9.88 Å². The lowest BCUT2D eigenvalue weighted by atomic mass is 9.72. The fourth-order valence-electron chi connectivity index (χ4n) is 5.55. The summed E-state index contributed by atoms with van der Waals surface area (Å²) < 4.78 is 58.0. The van der Waals surface area contributed by atoms with Gasteiger partial charge in [0.2, 0.25) is 0 Å². The van der Waals surface area contributed by atoms with Crippen molar-refractivity contribution in [3.8, 4) is 0 Å². The Morgan fingerprint density at radius 3 is 2.39 bits per heavy atom. The zero-order chi connectivity index (χ0) is 23.5. The van der Waals surface area contributed by atoms with E-state index in [1.807, 2.05) is 24.3 Å². The van der Waals surface area contributed by atoms with E-state index in [0.717, 1.165) is 25.6 Å². The number of halogens is 3. The zero-order valence-corrected chi connectivity index (χ0v) is 20.0. The van der Waals surface area contributed by atoms with Crippen LogP contribution in [-0.4, -0.2) is 56.3 Å². The minimum absolute atomic E-state index is 0.110. The van der Waals surface area contributed by atoms with Gasteiger partial charge in [-0.1, -0.05) is 23.7 Å². The minimum Gasteiger partial charge on any atom is -0.365 e. The fraction of sp³-hybridized carbons (Fsp3) is 0.542. The van der Waals surface area contributed by atoms with Crippen molar-refractivity contribution in [3.05, 3.63) is 58.9 Å². The van der Waals surface area contributed by atoms with Gasteiger partial charge in [-0.25, -0.2) is 17.2 Å². The molecular formula is C24H27ClF2N2O3S. The first-order valence-corrected chi connectivity index (χ1v) is 13.5. The molecule has 2 atom stereocenters. The van der Waals surface area contributed by atoms with Gasteiger partial charge in [0.15, 0.2) is 9.84 Å². The molecule has 1 saturated carbocycles. The molecule has 9 heteroatoms. The van der Waals surface area contributed by atoms with Crippen LogP contribution in [0.4, 0.5) is 8.78 Å². The number of aryl methyl sites for hydroxylation is 1. The third kappa shape index (κ3) is 4.20. The Hall–Kier alpha value is -1.61. The van der Waals surface area contributed by atoms with Gasteiger partial charge in [-0.2, -0.15) is 0 Å². The number of nitrogens with zero attached hydrogens (tertiary/aromatic N) is 2. The highest BCUT2D eigenvalue weighted by molar-refractivity contribution is 7.90. The van der Waals surface area contributed by atoms with Crippen LogP contribution in [-0.2, 0) is 26.5 Å². The summed E-state index contributed by atoms with van der Waals surface area (Å²) in [5.41, 5.74) is 1.09. The van der Waals surface area contributed by atoms with Crippen LogP contribution in [0.2, 0.25) is 5.02 Å². The molecule has 5 rings (SSSR count). The Morgan fingerprint density at radius 2 is 1.88 bits per heavy atom. The van der Waals surface area contributed by atoms with E-state index in [-0.39, 0.29) is 10.4 Å². The normalized spacial score (nSPS) is 28.4. The Balaban J connectivity index is 1.36. The minimum atomic E-state index is -3.33. The highest BCUT2D eigenvalue weighted by Crippen LogP contribution is 2.58. The molecule has 0 amide bonds. The summed E-state index contributed by atoms with van der Waals surface area (Å²) in [6, 6.07) is 11.0. The van der Waals surface area contributed by atoms with Crippen molar-refractivity contribution in [3.63, 3.8) is 0 Å². The first-order chi connectivity index (χ1) is 15.5. The SMILES string of the molecule is CS(=O)(=O)c1ccc(CC[C@@]2([C@H]3OCC3(F)F)CCN(C3(c4ccc(Cl)cc4)CC3)C2)nc1.